The molecule has 2 atom stereocenters. The van der Waals surface area contributed by atoms with Crippen molar-refractivity contribution in [3.63, 3.8) is 0 Å². The molecule has 1 saturated heterocycles. The zero-order valence-corrected chi connectivity index (χ0v) is 11.4. The van der Waals surface area contributed by atoms with E-state index in [1.807, 2.05) is 6.07 Å². The second-order valence-electron chi connectivity index (χ2n) is 5.56. The van der Waals surface area contributed by atoms with Crippen LogP contribution in [0.3, 0.4) is 0 Å². The molecule has 0 aliphatic carbocycles. The molecule has 1 aliphatic heterocycles. The van der Waals surface area contributed by atoms with E-state index in [9.17, 15) is 5.11 Å². The van der Waals surface area contributed by atoms with Crippen molar-refractivity contribution in [2.45, 2.75) is 37.9 Å². The maximum Gasteiger partial charge on any atom is 0.0614 e. The number of likely N-dealkylation sites (tertiary alicyclic amines) is 1. The van der Waals surface area contributed by atoms with E-state index in [0.29, 0.717) is 6.04 Å². The number of rotatable bonds is 4. The van der Waals surface area contributed by atoms with E-state index in [1.165, 1.54) is 5.56 Å². The van der Waals surface area contributed by atoms with Gasteiger partial charge in [-0.15, -0.1) is 0 Å². The van der Waals surface area contributed by atoms with Crippen molar-refractivity contribution < 1.29 is 5.11 Å². The smallest absolute Gasteiger partial charge is 0.0614 e. The van der Waals surface area contributed by atoms with E-state index in [0.717, 1.165) is 25.9 Å². The Bertz CT molecular complexity index is 368. The summed E-state index contributed by atoms with van der Waals surface area (Å²) in [6.45, 7) is 4.33. The quantitative estimate of drug-likeness (QED) is 0.850. The van der Waals surface area contributed by atoms with Crippen molar-refractivity contribution in [2.75, 3.05) is 20.2 Å². The molecule has 2 rings (SSSR count). The molecule has 0 aromatic heterocycles. The highest BCUT2D eigenvalue weighted by molar-refractivity contribution is 5.15. The molecule has 0 bridgehead atoms. The maximum atomic E-state index is 9.74. The summed E-state index contributed by atoms with van der Waals surface area (Å²) >= 11 is 0. The summed E-state index contributed by atoms with van der Waals surface area (Å²) in [5.41, 5.74) is 1.17. The van der Waals surface area contributed by atoms with E-state index in [1.54, 1.807) is 0 Å². The molecule has 0 saturated carbocycles. The molecule has 18 heavy (non-hydrogen) atoms. The maximum absolute atomic E-state index is 9.74. The van der Waals surface area contributed by atoms with Gasteiger partial charge in [0.25, 0.3) is 0 Å². The van der Waals surface area contributed by atoms with Crippen molar-refractivity contribution >= 4 is 0 Å². The Kier molecular flexibility index (Phi) is 4.38. The summed E-state index contributed by atoms with van der Waals surface area (Å²) < 4.78 is 0. The van der Waals surface area contributed by atoms with E-state index in [4.69, 9.17) is 0 Å². The number of benzene rings is 1. The first-order valence-corrected chi connectivity index (χ1v) is 6.75. The third-order valence-corrected chi connectivity index (χ3v) is 4.19. The van der Waals surface area contributed by atoms with E-state index >= 15 is 0 Å². The van der Waals surface area contributed by atoms with Crippen molar-refractivity contribution in [1.82, 2.24) is 10.2 Å². The van der Waals surface area contributed by atoms with E-state index < -0.39 is 0 Å². The molecule has 1 heterocycles. The Labute approximate surface area is 110 Å². The molecule has 3 heteroatoms. The molecule has 3 nitrogen and oxygen atoms in total. The predicted molar refractivity (Wildman–Crippen MR) is 74.4 cm³/mol. The Morgan fingerprint density at radius 3 is 2.72 bits per heavy atom. The lowest BCUT2D eigenvalue weighted by molar-refractivity contribution is 0.0580. The normalized spacial score (nSPS) is 29.4. The molecule has 1 fully saturated rings. The van der Waals surface area contributed by atoms with Crippen molar-refractivity contribution in [1.29, 1.82) is 0 Å². The van der Waals surface area contributed by atoms with Gasteiger partial charge in [-0.05, 0) is 38.9 Å². The standard InChI is InChI=1S/C15H24N2O/c1-13-10-15(12-18,8-9-17(13)2)16-11-14-6-4-3-5-7-14/h3-7,13,16,18H,8-12H2,1-2H3. The van der Waals surface area contributed by atoms with Gasteiger partial charge in [-0.3, -0.25) is 0 Å². The summed E-state index contributed by atoms with van der Waals surface area (Å²) in [5.74, 6) is 0. The highest BCUT2D eigenvalue weighted by atomic mass is 16.3. The lowest BCUT2D eigenvalue weighted by atomic mass is 9.84. The van der Waals surface area contributed by atoms with Gasteiger partial charge in [-0.1, -0.05) is 30.3 Å². The molecule has 2 unspecified atom stereocenters. The van der Waals surface area contributed by atoms with E-state index in [2.05, 4.69) is 48.5 Å². The summed E-state index contributed by atoms with van der Waals surface area (Å²) in [6, 6.07) is 10.9. The molecule has 1 aromatic carbocycles. The fourth-order valence-electron chi connectivity index (χ4n) is 2.68. The second-order valence-corrected chi connectivity index (χ2v) is 5.56. The summed E-state index contributed by atoms with van der Waals surface area (Å²) in [4.78, 5) is 2.36. The number of hydrogen-bond donors (Lipinski definition) is 2. The molecule has 1 aromatic rings. The summed E-state index contributed by atoms with van der Waals surface area (Å²) in [7, 11) is 2.16. The van der Waals surface area contributed by atoms with Crippen LogP contribution in [0, 0.1) is 0 Å². The van der Waals surface area contributed by atoms with Crippen molar-refractivity contribution in [2.24, 2.45) is 0 Å². The molecule has 0 amide bonds. The minimum absolute atomic E-state index is 0.109. The van der Waals surface area contributed by atoms with Gasteiger partial charge in [0.2, 0.25) is 0 Å². The third kappa shape index (κ3) is 3.10. The van der Waals surface area contributed by atoms with Gasteiger partial charge in [0, 0.05) is 18.1 Å². The van der Waals surface area contributed by atoms with Crippen LogP contribution in [0.5, 0.6) is 0 Å². The van der Waals surface area contributed by atoms with Crippen LogP contribution >= 0.6 is 0 Å². The number of piperidine rings is 1. The average molecular weight is 248 g/mol. The minimum atomic E-state index is -0.109. The van der Waals surface area contributed by atoms with Gasteiger partial charge < -0.3 is 15.3 Å². The summed E-state index contributed by atoms with van der Waals surface area (Å²) in [5, 5.41) is 13.3. The molecule has 0 spiro atoms. The number of aliphatic hydroxyl groups excluding tert-OH is 1. The van der Waals surface area contributed by atoms with Crippen LogP contribution in [0.25, 0.3) is 0 Å². The number of nitrogens with one attached hydrogen (secondary N) is 1. The summed E-state index contributed by atoms with van der Waals surface area (Å²) in [6.07, 6.45) is 2.02. The Morgan fingerprint density at radius 1 is 1.39 bits per heavy atom. The van der Waals surface area contributed by atoms with Crippen LogP contribution in [0.15, 0.2) is 30.3 Å². The zero-order valence-electron chi connectivity index (χ0n) is 11.4. The Hall–Kier alpha value is -0.900. The highest BCUT2D eigenvalue weighted by Crippen LogP contribution is 2.26. The first kappa shape index (κ1) is 13.5. The molecule has 100 valence electrons. The van der Waals surface area contributed by atoms with Crippen LogP contribution in [0.1, 0.15) is 25.3 Å². The van der Waals surface area contributed by atoms with Crippen LogP contribution in [-0.4, -0.2) is 41.8 Å². The number of aliphatic hydroxyl groups is 1. The monoisotopic (exact) mass is 248 g/mol. The number of nitrogens with zero attached hydrogens (tertiary/aromatic N) is 1. The molecular weight excluding hydrogens is 224 g/mol. The first-order chi connectivity index (χ1) is 8.65. The molecule has 0 radical (unpaired) electrons. The minimum Gasteiger partial charge on any atom is -0.394 e. The fourth-order valence-corrected chi connectivity index (χ4v) is 2.68. The van der Waals surface area contributed by atoms with Crippen LogP contribution in [-0.2, 0) is 6.54 Å². The van der Waals surface area contributed by atoms with Gasteiger partial charge in [-0.25, -0.2) is 0 Å². The van der Waals surface area contributed by atoms with Crippen molar-refractivity contribution in [3.05, 3.63) is 35.9 Å². The highest BCUT2D eigenvalue weighted by Gasteiger charge is 2.35. The van der Waals surface area contributed by atoms with Gasteiger partial charge in [-0.2, -0.15) is 0 Å². The van der Waals surface area contributed by atoms with Gasteiger partial charge in [0.15, 0.2) is 0 Å². The molecular formula is C15H24N2O. The lowest BCUT2D eigenvalue weighted by Crippen LogP contribution is -2.57. The SMILES string of the molecule is CC1CC(CO)(NCc2ccccc2)CCN1C. The average Bonchev–Trinajstić information content (AvgIpc) is 2.42. The predicted octanol–water partition coefficient (Wildman–Crippen LogP) is 1.62. The van der Waals surface area contributed by atoms with Crippen LogP contribution < -0.4 is 5.32 Å². The largest absolute Gasteiger partial charge is 0.394 e. The van der Waals surface area contributed by atoms with Crippen LogP contribution in [0.4, 0.5) is 0 Å². The Balaban J connectivity index is 1.97. The van der Waals surface area contributed by atoms with Gasteiger partial charge >= 0.3 is 0 Å². The topological polar surface area (TPSA) is 35.5 Å². The first-order valence-electron chi connectivity index (χ1n) is 6.75. The second kappa shape index (κ2) is 5.83. The zero-order chi connectivity index (χ0) is 13.0. The third-order valence-electron chi connectivity index (χ3n) is 4.19. The van der Waals surface area contributed by atoms with Gasteiger partial charge in [0.05, 0.1) is 6.61 Å². The molecule has 1 aliphatic rings. The number of hydrogen-bond acceptors (Lipinski definition) is 3. The Morgan fingerprint density at radius 2 is 2.11 bits per heavy atom. The van der Waals surface area contributed by atoms with Gasteiger partial charge in [0.1, 0.15) is 0 Å². The lowest BCUT2D eigenvalue weighted by Gasteiger charge is -2.44. The molecule has 2 N–H and O–H groups in total. The fraction of sp³-hybridized carbons (Fsp3) is 0.600. The van der Waals surface area contributed by atoms with Crippen molar-refractivity contribution in [3.8, 4) is 0 Å². The van der Waals surface area contributed by atoms with Crippen LogP contribution in [0.2, 0.25) is 0 Å². The van der Waals surface area contributed by atoms with E-state index in [-0.39, 0.29) is 12.1 Å².